The molecule has 1 N–H and O–H groups in total. The average Bonchev–Trinajstić information content (AvgIpc) is 3.47. The fourth-order valence-corrected chi connectivity index (χ4v) is 4.11. The summed E-state index contributed by atoms with van der Waals surface area (Å²) in [6.45, 7) is 4.34. The van der Waals surface area contributed by atoms with Crippen LogP contribution in [0.3, 0.4) is 0 Å². The van der Waals surface area contributed by atoms with Crippen LogP contribution in [0.4, 0.5) is 11.4 Å². The SMILES string of the molecule is Cc1ccc(N2CC(C(=O)Nc3ccccc3-c3nc(-c4cccc(C)c4)no3)CC2=O)cc1. The van der Waals surface area contributed by atoms with Crippen molar-refractivity contribution in [2.75, 3.05) is 16.8 Å². The molecule has 2 amide bonds. The third-order valence-electron chi connectivity index (χ3n) is 5.96. The molecular weight excluding hydrogens is 428 g/mol. The number of anilines is 2. The van der Waals surface area contributed by atoms with E-state index in [1.165, 1.54) is 0 Å². The number of nitrogens with zero attached hydrogens (tertiary/aromatic N) is 3. The molecule has 0 bridgehead atoms. The summed E-state index contributed by atoms with van der Waals surface area (Å²) in [6.07, 6.45) is 0.167. The second kappa shape index (κ2) is 8.94. The van der Waals surface area contributed by atoms with E-state index in [-0.39, 0.29) is 18.2 Å². The summed E-state index contributed by atoms with van der Waals surface area (Å²) in [5.74, 6) is 0.0735. The van der Waals surface area contributed by atoms with Crippen molar-refractivity contribution in [3.8, 4) is 22.8 Å². The van der Waals surface area contributed by atoms with Crippen molar-refractivity contribution in [3.05, 3.63) is 83.9 Å². The molecule has 1 aromatic heterocycles. The first-order chi connectivity index (χ1) is 16.5. The first kappa shape index (κ1) is 21.6. The normalized spacial score (nSPS) is 15.5. The lowest BCUT2D eigenvalue weighted by Crippen LogP contribution is -2.28. The quantitative estimate of drug-likeness (QED) is 0.460. The number of para-hydroxylation sites is 1. The maximum atomic E-state index is 13.1. The topological polar surface area (TPSA) is 88.3 Å². The van der Waals surface area contributed by atoms with E-state index in [0.29, 0.717) is 29.5 Å². The second-order valence-electron chi connectivity index (χ2n) is 8.57. The zero-order valence-corrected chi connectivity index (χ0v) is 19.0. The van der Waals surface area contributed by atoms with E-state index in [0.717, 1.165) is 22.4 Å². The highest BCUT2D eigenvalue weighted by Gasteiger charge is 2.35. The molecule has 1 atom stereocenters. The van der Waals surface area contributed by atoms with E-state index in [9.17, 15) is 9.59 Å². The van der Waals surface area contributed by atoms with Gasteiger partial charge in [-0.2, -0.15) is 4.98 Å². The fraction of sp³-hybridized carbons (Fsp3) is 0.185. The molecule has 5 rings (SSSR count). The Balaban J connectivity index is 1.34. The van der Waals surface area contributed by atoms with Crippen molar-refractivity contribution >= 4 is 23.2 Å². The Hall–Kier alpha value is -4.26. The summed E-state index contributed by atoms with van der Waals surface area (Å²) in [4.78, 5) is 31.9. The number of aromatic nitrogens is 2. The molecule has 7 heteroatoms. The number of nitrogens with one attached hydrogen (secondary N) is 1. The van der Waals surface area contributed by atoms with E-state index in [1.54, 1.807) is 11.0 Å². The van der Waals surface area contributed by atoms with Crippen molar-refractivity contribution in [1.29, 1.82) is 0 Å². The molecule has 170 valence electrons. The molecule has 1 fully saturated rings. The Morgan fingerprint density at radius 1 is 1.00 bits per heavy atom. The smallest absolute Gasteiger partial charge is 0.260 e. The van der Waals surface area contributed by atoms with Gasteiger partial charge in [0.25, 0.3) is 5.89 Å². The molecule has 4 aromatic rings. The van der Waals surface area contributed by atoms with Crippen LogP contribution < -0.4 is 10.2 Å². The highest BCUT2D eigenvalue weighted by atomic mass is 16.5. The van der Waals surface area contributed by atoms with Gasteiger partial charge in [0.1, 0.15) is 0 Å². The number of carbonyl (C=O) groups is 2. The Bertz CT molecular complexity index is 1360. The van der Waals surface area contributed by atoms with Crippen molar-refractivity contribution in [2.24, 2.45) is 5.92 Å². The van der Waals surface area contributed by atoms with Gasteiger partial charge in [0.15, 0.2) is 0 Å². The van der Waals surface area contributed by atoms with Gasteiger partial charge >= 0.3 is 0 Å². The minimum Gasteiger partial charge on any atom is -0.334 e. The van der Waals surface area contributed by atoms with Crippen LogP contribution in [0, 0.1) is 19.8 Å². The minimum absolute atomic E-state index is 0.0583. The molecule has 2 heterocycles. The number of hydrogen-bond acceptors (Lipinski definition) is 5. The molecule has 1 unspecified atom stereocenters. The molecule has 0 spiro atoms. The summed E-state index contributed by atoms with van der Waals surface area (Å²) >= 11 is 0. The van der Waals surface area contributed by atoms with E-state index in [2.05, 4.69) is 15.5 Å². The standard InChI is InChI=1S/C27H24N4O3/c1-17-10-12-21(13-11-17)31-16-20(15-24(31)32)26(33)28-23-9-4-3-8-22(23)27-29-25(30-34-27)19-7-5-6-18(2)14-19/h3-14,20H,15-16H2,1-2H3,(H,28,33). The average molecular weight is 453 g/mol. The summed E-state index contributed by atoms with van der Waals surface area (Å²) in [5, 5.41) is 7.08. The third kappa shape index (κ3) is 4.32. The largest absolute Gasteiger partial charge is 0.334 e. The predicted octanol–water partition coefficient (Wildman–Crippen LogP) is 5.01. The van der Waals surface area contributed by atoms with Crippen LogP contribution in [0.15, 0.2) is 77.3 Å². The van der Waals surface area contributed by atoms with E-state index in [1.807, 2.05) is 80.6 Å². The maximum Gasteiger partial charge on any atom is 0.260 e. The monoisotopic (exact) mass is 452 g/mol. The van der Waals surface area contributed by atoms with Crippen LogP contribution in [-0.4, -0.2) is 28.5 Å². The van der Waals surface area contributed by atoms with Gasteiger partial charge < -0.3 is 14.7 Å². The number of aryl methyl sites for hydroxylation is 2. The highest BCUT2D eigenvalue weighted by Crippen LogP contribution is 2.31. The zero-order valence-electron chi connectivity index (χ0n) is 19.0. The fourth-order valence-electron chi connectivity index (χ4n) is 4.11. The molecule has 1 saturated heterocycles. The van der Waals surface area contributed by atoms with Crippen LogP contribution in [0.2, 0.25) is 0 Å². The van der Waals surface area contributed by atoms with Gasteiger partial charge in [0.2, 0.25) is 17.6 Å². The van der Waals surface area contributed by atoms with Gasteiger partial charge in [-0.05, 0) is 44.2 Å². The maximum absolute atomic E-state index is 13.1. The highest BCUT2D eigenvalue weighted by molar-refractivity contribution is 6.04. The van der Waals surface area contributed by atoms with Crippen molar-refractivity contribution in [2.45, 2.75) is 20.3 Å². The van der Waals surface area contributed by atoms with Gasteiger partial charge in [0.05, 0.1) is 17.2 Å². The molecule has 7 nitrogen and oxygen atoms in total. The second-order valence-corrected chi connectivity index (χ2v) is 8.57. The van der Waals surface area contributed by atoms with Crippen molar-refractivity contribution in [3.63, 3.8) is 0 Å². The molecule has 0 aliphatic carbocycles. The van der Waals surface area contributed by atoms with Crippen LogP contribution in [0.5, 0.6) is 0 Å². The Morgan fingerprint density at radius 3 is 2.59 bits per heavy atom. The summed E-state index contributed by atoms with van der Waals surface area (Å²) in [6, 6.07) is 22.9. The van der Waals surface area contributed by atoms with Gasteiger partial charge in [0, 0.05) is 24.2 Å². The number of carbonyl (C=O) groups excluding carboxylic acids is 2. The molecule has 34 heavy (non-hydrogen) atoms. The van der Waals surface area contributed by atoms with Gasteiger partial charge in [-0.3, -0.25) is 9.59 Å². The number of amides is 2. The minimum atomic E-state index is -0.451. The molecule has 0 saturated carbocycles. The van der Waals surface area contributed by atoms with Crippen molar-refractivity contribution < 1.29 is 14.1 Å². The van der Waals surface area contributed by atoms with Gasteiger partial charge in [-0.15, -0.1) is 0 Å². The lowest BCUT2D eigenvalue weighted by molar-refractivity contribution is -0.122. The Morgan fingerprint density at radius 2 is 1.79 bits per heavy atom. The van der Waals surface area contributed by atoms with Crippen LogP contribution in [0.25, 0.3) is 22.8 Å². The Labute approximate surface area is 197 Å². The van der Waals surface area contributed by atoms with Crippen molar-refractivity contribution in [1.82, 2.24) is 10.1 Å². The van der Waals surface area contributed by atoms with Gasteiger partial charge in [-0.25, -0.2) is 0 Å². The van der Waals surface area contributed by atoms with E-state index in [4.69, 9.17) is 4.52 Å². The summed E-state index contributed by atoms with van der Waals surface area (Å²) < 4.78 is 5.52. The molecular formula is C27H24N4O3. The van der Waals surface area contributed by atoms with Gasteiger partial charge in [-0.1, -0.05) is 58.7 Å². The predicted molar refractivity (Wildman–Crippen MR) is 130 cm³/mol. The summed E-state index contributed by atoms with van der Waals surface area (Å²) in [7, 11) is 0. The van der Waals surface area contributed by atoms with Crippen LogP contribution in [0.1, 0.15) is 17.5 Å². The number of hydrogen-bond donors (Lipinski definition) is 1. The Kier molecular flexibility index (Phi) is 5.67. The van der Waals surface area contributed by atoms with E-state index >= 15 is 0 Å². The van der Waals surface area contributed by atoms with Crippen LogP contribution in [-0.2, 0) is 9.59 Å². The zero-order chi connectivity index (χ0) is 23.7. The number of rotatable bonds is 5. The molecule has 3 aromatic carbocycles. The molecule has 1 aliphatic heterocycles. The lowest BCUT2D eigenvalue weighted by Gasteiger charge is -2.17. The molecule has 1 aliphatic rings. The van der Waals surface area contributed by atoms with Crippen LogP contribution >= 0.6 is 0 Å². The lowest BCUT2D eigenvalue weighted by atomic mass is 10.1. The first-order valence-corrected chi connectivity index (χ1v) is 11.2. The number of benzene rings is 3. The third-order valence-corrected chi connectivity index (χ3v) is 5.96. The molecule has 0 radical (unpaired) electrons. The van der Waals surface area contributed by atoms with E-state index < -0.39 is 5.92 Å². The summed E-state index contributed by atoms with van der Waals surface area (Å²) in [5.41, 5.74) is 5.07. The first-order valence-electron chi connectivity index (χ1n) is 11.2.